The SMILES string of the molecule is CO/C([O-])=C1\C(C)=NC(C)=C(C(=O)OCCCCCCCCCCCC[N+](C)(C)C)C1c1ccccc1C(F)(F)F. The topological polar surface area (TPSA) is 71.0 Å². The van der Waals surface area contributed by atoms with Crippen molar-refractivity contribution in [2.24, 2.45) is 4.99 Å². The minimum absolute atomic E-state index is 0.0749. The summed E-state index contributed by atoms with van der Waals surface area (Å²) < 4.78 is 53.3. The second-order valence-electron chi connectivity index (χ2n) is 11.8. The molecule has 0 saturated carbocycles. The molecule has 1 atom stereocenters. The van der Waals surface area contributed by atoms with Crippen molar-refractivity contribution in [3.8, 4) is 0 Å². The van der Waals surface area contributed by atoms with E-state index in [1.54, 1.807) is 6.92 Å². The average molecular weight is 581 g/mol. The van der Waals surface area contributed by atoms with E-state index < -0.39 is 29.6 Å². The maximum Gasteiger partial charge on any atom is 0.416 e. The molecule has 9 heteroatoms. The van der Waals surface area contributed by atoms with Crippen LogP contribution in [0, 0.1) is 0 Å². The van der Waals surface area contributed by atoms with E-state index in [1.165, 1.54) is 70.2 Å². The molecule has 0 spiro atoms. The molecule has 41 heavy (non-hydrogen) atoms. The Morgan fingerprint density at radius 2 is 1.46 bits per heavy atom. The maximum atomic E-state index is 14.0. The first-order valence-corrected chi connectivity index (χ1v) is 14.6. The number of esters is 1. The largest absolute Gasteiger partial charge is 0.616 e. The van der Waals surface area contributed by atoms with E-state index in [0.29, 0.717) is 6.42 Å². The second-order valence-corrected chi connectivity index (χ2v) is 11.8. The van der Waals surface area contributed by atoms with E-state index in [0.717, 1.165) is 36.9 Å². The highest BCUT2D eigenvalue weighted by atomic mass is 19.4. The third kappa shape index (κ3) is 10.8. The van der Waals surface area contributed by atoms with Gasteiger partial charge in [0, 0.05) is 22.9 Å². The van der Waals surface area contributed by atoms with Crippen LogP contribution in [-0.4, -0.2) is 57.6 Å². The fraction of sp³-hybridized carbons (Fsp3) is 0.625. The number of allylic oxidation sites excluding steroid dienone is 2. The first-order chi connectivity index (χ1) is 19.3. The Kier molecular flexibility index (Phi) is 13.4. The molecule has 0 aromatic heterocycles. The van der Waals surface area contributed by atoms with Crippen molar-refractivity contribution in [1.82, 2.24) is 0 Å². The predicted molar refractivity (Wildman–Crippen MR) is 154 cm³/mol. The summed E-state index contributed by atoms with van der Waals surface area (Å²) in [6, 6.07) is 4.94. The summed E-state index contributed by atoms with van der Waals surface area (Å²) in [5.41, 5.74) is -0.890. The van der Waals surface area contributed by atoms with Crippen LogP contribution in [0.2, 0.25) is 0 Å². The number of ether oxygens (including phenoxy) is 2. The van der Waals surface area contributed by atoms with Gasteiger partial charge in [0.2, 0.25) is 0 Å². The zero-order valence-corrected chi connectivity index (χ0v) is 25.5. The summed E-state index contributed by atoms with van der Waals surface area (Å²) >= 11 is 0. The highest BCUT2D eigenvalue weighted by Gasteiger charge is 2.41. The fourth-order valence-corrected chi connectivity index (χ4v) is 5.24. The van der Waals surface area contributed by atoms with E-state index in [1.807, 2.05) is 0 Å². The van der Waals surface area contributed by atoms with E-state index in [2.05, 4.69) is 26.1 Å². The molecule has 6 nitrogen and oxygen atoms in total. The number of halogens is 3. The molecule has 1 heterocycles. The van der Waals surface area contributed by atoms with E-state index >= 15 is 0 Å². The van der Waals surface area contributed by atoms with Crippen molar-refractivity contribution >= 4 is 11.7 Å². The van der Waals surface area contributed by atoms with Crippen LogP contribution in [0.25, 0.3) is 0 Å². The number of carbonyl (C=O) groups excluding carboxylic acids is 1. The number of hydrogen-bond acceptors (Lipinski definition) is 5. The number of benzene rings is 1. The molecule has 1 aromatic rings. The Bertz CT molecular complexity index is 1100. The van der Waals surface area contributed by atoms with E-state index in [4.69, 9.17) is 9.47 Å². The van der Waals surface area contributed by atoms with Crippen molar-refractivity contribution in [2.45, 2.75) is 90.1 Å². The number of alkyl halides is 3. The van der Waals surface area contributed by atoms with Crippen molar-refractivity contribution in [3.63, 3.8) is 0 Å². The highest BCUT2D eigenvalue weighted by Crippen LogP contribution is 2.44. The summed E-state index contributed by atoms with van der Waals surface area (Å²) in [6.45, 7) is 4.42. The third-order valence-corrected chi connectivity index (χ3v) is 7.35. The van der Waals surface area contributed by atoms with Crippen LogP contribution in [0.15, 0.2) is 52.0 Å². The first kappa shape index (κ1) is 34.4. The van der Waals surface area contributed by atoms with Crippen molar-refractivity contribution in [1.29, 1.82) is 0 Å². The van der Waals surface area contributed by atoms with Crippen LogP contribution >= 0.6 is 0 Å². The molecule has 0 amide bonds. The molecule has 1 unspecified atom stereocenters. The van der Waals surface area contributed by atoms with Gasteiger partial charge in [0.05, 0.1) is 51.4 Å². The van der Waals surface area contributed by atoms with Crippen molar-refractivity contribution in [2.75, 3.05) is 41.4 Å². The third-order valence-electron chi connectivity index (χ3n) is 7.35. The molecule has 0 N–H and O–H groups in total. The lowest BCUT2D eigenvalue weighted by molar-refractivity contribution is -0.870. The summed E-state index contributed by atoms with van der Waals surface area (Å²) in [5.74, 6) is -2.92. The number of aliphatic imine (C=N–C) groups is 1. The lowest BCUT2D eigenvalue weighted by Crippen LogP contribution is -2.35. The number of carbonyl (C=O) groups is 1. The van der Waals surface area contributed by atoms with Gasteiger partial charge >= 0.3 is 12.1 Å². The smallest absolute Gasteiger partial charge is 0.416 e. The minimum atomic E-state index is -4.69. The maximum absolute atomic E-state index is 14.0. The molecular formula is C32H47F3N2O4. The Labute approximate surface area is 243 Å². The van der Waals surface area contributed by atoms with Crippen LogP contribution in [0.1, 0.15) is 95.1 Å². The minimum Gasteiger partial charge on any atom is -0.616 e. The monoisotopic (exact) mass is 580 g/mol. The molecule has 2 rings (SSSR count). The normalized spacial score (nSPS) is 17.4. The van der Waals surface area contributed by atoms with Gasteiger partial charge in [0.15, 0.2) is 0 Å². The van der Waals surface area contributed by atoms with Crippen LogP contribution < -0.4 is 5.11 Å². The number of quaternary nitrogens is 1. The summed E-state index contributed by atoms with van der Waals surface area (Å²) in [5, 5.41) is 12.7. The standard InChI is InChI=1S/C32H47F3N2O4/c1-23-27(30(38)40-6)29(25-19-15-16-20-26(25)32(33,34)35)28(24(2)36-23)31(39)41-22-18-14-12-10-8-7-9-11-13-17-21-37(3,4)5/h15-16,19-20,29H,7-14,17-18,21-22H2,1-6H3. The molecule has 0 saturated heterocycles. The molecule has 0 radical (unpaired) electrons. The first-order valence-electron chi connectivity index (χ1n) is 14.6. The molecule has 0 bridgehead atoms. The lowest BCUT2D eigenvalue weighted by Gasteiger charge is -2.32. The second kappa shape index (κ2) is 16.0. The predicted octanol–water partition coefficient (Wildman–Crippen LogP) is 6.91. The quantitative estimate of drug-likeness (QED) is 0.0923. The van der Waals surface area contributed by atoms with Gasteiger partial charge in [-0.3, -0.25) is 4.99 Å². The zero-order valence-electron chi connectivity index (χ0n) is 25.5. The van der Waals surface area contributed by atoms with Gasteiger partial charge in [-0.2, -0.15) is 13.2 Å². The van der Waals surface area contributed by atoms with Crippen LogP contribution in [-0.2, 0) is 20.4 Å². The van der Waals surface area contributed by atoms with Gasteiger partial charge < -0.3 is 19.1 Å². The van der Waals surface area contributed by atoms with Gasteiger partial charge in [0.25, 0.3) is 0 Å². The summed E-state index contributed by atoms with van der Waals surface area (Å²) in [6.07, 6.45) is 6.52. The molecule has 0 fully saturated rings. The molecule has 1 aliphatic heterocycles. The Morgan fingerprint density at radius 1 is 0.927 bits per heavy atom. The van der Waals surface area contributed by atoms with Gasteiger partial charge in [-0.25, -0.2) is 4.79 Å². The van der Waals surface area contributed by atoms with E-state index in [9.17, 15) is 23.1 Å². The number of rotatable bonds is 16. The Balaban J connectivity index is 1.95. The number of nitrogens with zero attached hydrogens (tertiary/aromatic N) is 2. The summed E-state index contributed by atoms with van der Waals surface area (Å²) in [7, 11) is 7.81. The Hall–Kier alpha value is -2.81. The number of unbranched alkanes of at least 4 members (excludes halogenated alkanes) is 9. The molecule has 230 valence electrons. The molecule has 1 aliphatic rings. The van der Waals surface area contributed by atoms with Crippen LogP contribution in [0.4, 0.5) is 13.2 Å². The van der Waals surface area contributed by atoms with Crippen LogP contribution in [0.3, 0.4) is 0 Å². The Morgan fingerprint density at radius 3 is 2.00 bits per heavy atom. The van der Waals surface area contributed by atoms with Gasteiger partial charge in [-0.1, -0.05) is 63.1 Å². The fourth-order valence-electron chi connectivity index (χ4n) is 5.24. The molecular weight excluding hydrogens is 533 g/mol. The molecule has 1 aromatic carbocycles. The van der Waals surface area contributed by atoms with Crippen LogP contribution in [0.5, 0.6) is 0 Å². The summed E-state index contributed by atoms with van der Waals surface area (Å²) in [4.78, 5) is 17.6. The number of methoxy groups -OCH3 is 1. The highest BCUT2D eigenvalue weighted by molar-refractivity contribution is 6.06. The van der Waals surface area contributed by atoms with Crippen molar-refractivity contribution in [3.05, 3.63) is 58.2 Å². The molecule has 0 aliphatic carbocycles. The van der Waals surface area contributed by atoms with Gasteiger partial charge in [-0.05, 0) is 51.8 Å². The van der Waals surface area contributed by atoms with E-state index in [-0.39, 0.29) is 34.7 Å². The average Bonchev–Trinajstić information content (AvgIpc) is 2.89. The van der Waals surface area contributed by atoms with Crippen molar-refractivity contribution < 1.29 is 37.0 Å². The van der Waals surface area contributed by atoms with Gasteiger partial charge in [0.1, 0.15) is 0 Å². The lowest BCUT2D eigenvalue weighted by atomic mass is 9.78. The van der Waals surface area contributed by atoms with Gasteiger partial charge in [-0.15, -0.1) is 0 Å². The zero-order chi connectivity index (χ0) is 30.6. The number of hydrogen-bond donors (Lipinski definition) is 0.